The van der Waals surface area contributed by atoms with Crippen molar-refractivity contribution >= 4 is 5.91 Å². The summed E-state index contributed by atoms with van der Waals surface area (Å²) in [5.74, 6) is -0.213. The van der Waals surface area contributed by atoms with Gasteiger partial charge in [-0.25, -0.2) is 0 Å². The average molecular weight is 339 g/mol. The van der Waals surface area contributed by atoms with Gasteiger partial charge >= 0.3 is 6.18 Å². The quantitative estimate of drug-likeness (QED) is 0.912. The monoisotopic (exact) mass is 339 g/mol. The largest absolute Gasteiger partial charge is 0.472 e. The van der Waals surface area contributed by atoms with Crippen LogP contribution in [0.5, 0.6) is 0 Å². The van der Waals surface area contributed by atoms with Crippen molar-refractivity contribution in [3.05, 3.63) is 59.5 Å². The van der Waals surface area contributed by atoms with Crippen LogP contribution in [0.2, 0.25) is 0 Å². The minimum Gasteiger partial charge on any atom is -0.472 e. The molecular weight excluding hydrogens is 323 g/mol. The normalized spacial score (nSPS) is 17.8. The first-order chi connectivity index (χ1) is 11.3. The van der Waals surface area contributed by atoms with Gasteiger partial charge in [0.1, 0.15) is 6.26 Å². The maximum absolute atomic E-state index is 12.8. The summed E-state index contributed by atoms with van der Waals surface area (Å²) in [5.41, 5.74) is -1.51. The van der Waals surface area contributed by atoms with Gasteiger partial charge in [0.15, 0.2) is 0 Å². The van der Waals surface area contributed by atoms with Gasteiger partial charge in [-0.15, -0.1) is 0 Å². The van der Waals surface area contributed by atoms with E-state index in [4.69, 9.17) is 4.42 Å². The third kappa shape index (κ3) is 3.17. The van der Waals surface area contributed by atoms with Gasteiger partial charge in [-0.05, 0) is 36.6 Å². The number of carbonyl (C=O) groups is 1. The fourth-order valence-corrected chi connectivity index (χ4v) is 2.92. The van der Waals surface area contributed by atoms with Gasteiger partial charge in [0.2, 0.25) is 0 Å². The van der Waals surface area contributed by atoms with Gasteiger partial charge < -0.3 is 14.4 Å². The van der Waals surface area contributed by atoms with Gasteiger partial charge in [0, 0.05) is 13.1 Å². The van der Waals surface area contributed by atoms with E-state index in [0.717, 1.165) is 12.1 Å². The van der Waals surface area contributed by atoms with Gasteiger partial charge in [-0.3, -0.25) is 4.79 Å². The van der Waals surface area contributed by atoms with Crippen molar-refractivity contribution in [3.8, 4) is 0 Å². The van der Waals surface area contributed by atoms with E-state index in [1.165, 1.54) is 24.7 Å². The van der Waals surface area contributed by atoms with Crippen molar-refractivity contribution in [2.45, 2.75) is 24.6 Å². The number of benzene rings is 1. The summed E-state index contributed by atoms with van der Waals surface area (Å²) in [6.45, 7) is 0.521. The smallest absolute Gasteiger partial charge is 0.416 e. The zero-order chi connectivity index (χ0) is 17.4. The predicted octanol–water partition coefficient (Wildman–Crippen LogP) is 3.42. The van der Waals surface area contributed by atoms with Crippen molar-refractivity contribution < 1.29 is 27.5 Å². The van der Waals surface area contributed by atoms with Crippen LogP contribution in [0, 0.1) is 0 Å². The van der Waals surface area contributed by atoms with E-state index in [9.17, 15) is 23.1 Å². The molecule has 1 fully saturated rings. The molecule has 7 heteroatoms. The Kier molecular flexibility index (Phi) is 4.13. The fraction of sp³-hybridized carbons (Fsp3) is 0.353. The van der Waals surface area contributed by atoms with E-state index < -0.39 is 17.3 Å². The molecule has 0 saturated carbocycles. The zero-order valence-corrected chi connectivity index (χ0v) is 12.7. The second-order valence-corrected chi connectivity index (χ2v) is 5.91. The van der Waals surface area contributed by atoms with Gasteiger partial charge in [0.05, 0.1) is 23.0 Å². The van der Waals surface area contributed by atoms with E-state index in [0.29, 0.717) is 5.56 Å². The number of furan rings is 1. The molecule has 1 aromatic heterocycles. The van der Waals surface area contributed by atoms with E-state index in [-0.39, 0.29) is 37.4 Å². The summed E-state index contributed by atoms with van der Waals surface area (Å²) in [6, 6.07) is 6.29. The number of halogens is 3. The molecule has 1 amide bonds. The highest BCUT2D eigenvalue weighted by Crippen LogP contribution is 2.37. The molecule has 0 radical (unpaired) electrons. The van der Waals surface area contributed by atoms with Crippen LogP contribution in [0.15, 0.2) is 47.3 Å². The molecule has 2 aromatic rings. The molecule has 2 heterocycles. The Balaban J connectivity index is 1.74. The first kappa shape index (κ1) is 16.6. The number of aliphatic hydroxyl groups is 1. The summed E-state index contributed by atoms with van der Waals surface area (Å²) in [6.07, 6.45) is -1.35. The Bertz CT molecular complexity index is 717. The van der Waals surface area contributed by atoms with Crippen LogP contribution < -0.4 is 0 Å². The number of hydrogen-bond acceptors (Lipinski definition) is 3. The molecule has 0 unspecified atom stereocenters. The number of alkyl halides is 3. The van der Waals surface area contributed by atoms with Crippen molar-refractivity contribution in [2.24, 2.45) is 0 Å². The van der Waals surface area contributed by atoms with Crippen molar-refractivity contribution in [1.82, 2.24) is 4.90 Å². The molecule has 0 bridgehead atoms. The highest BCUT2D eigenvalue weighted by atomic mass is 19.4. The molecule has 3 rings (SSSR count). The van der Waals surface area contributed by atoms with E-state index >= 15 is 0 Å². The third-order valence-electron chi connectivity index (χ3n) is 4.37. The lowest BCUT2D eigenvalue weighted by Crippen LogP contribution is -2.45. The number of nitrogens with zero attached hydrogens (tertiary/aromatic N) is 1. The molecule has 24 heavy (non-hydrogen) atoms. The second kappa shape index (κ2) is 5.98. The fourth-order valence-electron chi connectivity index (χ4n) is 2.92. The van der Waals surface area contributed by atoms with E-state index in [1.807, 2.05) is 0 Å². The van der Waals surface area contributed by atoms with Crippen LogP contribution >= 0.6 is 0 Å². The summed E-state index contributed by atoms with van der Waals surface area (Å²) < 4.78 is 43.4. The van der Waals surface area contributed by atoms with Crippen LogP contribution in [0.4, 0.5) is 13.2 Å². The highest BCUT2D eigenvalue weighted by Gasteiger charge is 2.38. The molecular formula is C17H16F3NO3. The molecule has 0 spiro atoms. The van der Waals surface area contributed by atoms with Crippen LogP contribution in [0.3, 0.4) is 0 Å². The molecule has 1 N–H and O–H groups in total. The predicted molar refractivity (Wildman–Crippen MR) is 79.2 cm³/mol. The number of carbonyl (C=O) groups excluding carboxylic acids is 1. The summed E-state index contributed by atoms with van der Waals surface area (Å²) >= 11 is 0. The van der Waals surface area contributed by atoms with E-state index in [2.05, 4.69) is 0 Å². The Labute approximate surface area is 136 Å². The maximum Gasteiger partial charge on any atom is 0.416 e. The van der Waals surface area contributed by atoms with Crippen LogP contribution in [-0.4, -0.2) is 29.0 Å². The summed E-state index contributed by atoms with van der Waals surface area (Å²) in [7, 11) is 0. The Morgan fingerprint density at radius 3 is 2.50 bits per heavy atom. The van der Waals surface area contributed by atoms with E-state index in [1.54, 1.807) is 11.0 Å². The van der Waals surface area contributed by atoms with Crippen LogP contribution in [-0.2, 0) is 11.8 Å². The van der Waals surface area contributed by atoms with Gasteiger partial charge in [0.25, 0.3) is 5.91 Å². The molecule has 4 nitrogen and oxygen atoms in total. The topological polar surface area (TPSA) is 53.7 Å². The average Bonchev–Trinajstić information content (AvgIpc) is 3.09. The standard InChI is InChI=1S/C17H16F3NO3/c18-17(19,20)14-3-1-2-13(10-14)16(23)5-7-21(8-6-16)15(22)12-4-9-24-11-12/h1-4,9-11,23H,5-8H2. The molecule has 128 valence electrons. The van der Waals surface area contributed by atoms with Gasteiger partial charge in [-0.2, -0.15) is 13.2 Å². The number of amides is 1. The SMILES string of the molecule is O=C(c1ccoc1)N1CCC(O)(c2cccc(C(F)(F)F)c2)CC1. The zero-order valence-electron chi connectivity index (χ0n) is 12.7. The summed E-state index contributed by atoms with van der Waals surface area (Å²) in [5, 5.41) is 10.7. The lowest BCUT2D eigenvalue weighted by atomic mass is 9.83. The van der Waals surface area contributed by atoms with Crippen LogP contribution in [0.25, 0.3) is 0 Å². The van der Waals surface area contributed by atoms with Crippen molar-refractivity contribution in [1.29, 1.82) is 0 Å². The molecule has 1 aliphatic heterocycles. The maximum atomic E-state index is 12.8. The number of rotatable bonds is 2. The minimum atomic E-state index is -4.45. The number of likely N-dealkylation sites (tertiary alicyclic amines) is 1. The molecule has 0 atom stereocenters. The van der Waals surface area contributed by atoms with Crippen molar-refractivity contribution in [3.63, 3.8) is 0 Å². The molecule has 0 aliphatic carbocycles. The Morgan fingerprint density at radius 2 is 1.92 bits per heavy atom. The lowest BCUT2D eigenvalue weighted by molar-refractivity contribution is -0.137. The number of hydrogen-bond donors (Lipinski definition) is 1. The summed E-state index contributed by atoms with van der Waals surface area (Å²) in [4.78, 5) is 13.8. The number of piperidine rings is 1. The third-order valence-corrected chi connectivity index (χ3v) is 4.37. The Hall–Kier alpha value is -2.28. The molecule has 1 aromatic carbocycles. The Morgan fingerprint density at radius 1 is 1.21 bits per heavy atom. The molecule has 1 saturated heterocycles. The lowest BCUT2D eigenvalue weighted by Gasteiger charge is -2.38. The second-order valence-electron chi connectivity index (χ2n) is 5.91. The van der Waals surface area contributed by atoms with Crippen LogP contribution in [0.1, 0.15) is 34.3 Å². The highest BCUT2D eigenvalue weighted by molar-refractivity contribution is 5.93. The minimum absolute atomic E-state index is 0.178. The molecule has 1 aliphatic rings. The first-order valence-electron chi connectivity index (χ1n) is 7.51. The van der Waals surface area contributed by atoms with Gasteiger partial charge in [-0.1, -0.05) is 12.1 Å². The first-order valence-corrected chi connectivity index (χ1v) is 7.51. The van der Waals surface area contributed by atoms with Crippen molar-refractivity contribution in [2.75, 3.05) is 13.1 Å².